The first-order valence-electron chi connectivity index (χ1n) is 8.75. The van der Waals surface area contributed by atoms with Gasteiger partial charge in [0.1, 0.15) is 11.3 Å². The quantitative estimate of drug-likeness (QED) is 0.472. The summed E-state index contributed by atoms with van der Waals surface area (Å²) in [4.78, 5) is 17.3. The predicted octanol–water partition coefficient (Wildman–Crippen LogP) is 3.06. The van der Waals surface area contributed by atoms with Gasteiger partial charge in [0.25, 0.3) is 5.91 Å². The fraction of sp³-hybridized carbons (Fsp3) is 0.200. The number of fused-ring (bicyclic) bond motifs is 1. The van der Waals surface area contributed by atoms with Crippen molar-refractivity contribution in [3.05, 3.63) is 60.4 Å². The molecule has 0 bridgehead atoms. The van der Waals surface area contributed by atoms with Gasteiger partial charge >= 0.3 is 0 Å². The molecule has 1 heterocycles. The van der Waals surface area contributed by atoms with Gasteiger partial charge < -0.3 is 14.6 Å². The summed E-state index contributed by atoms with van der Waals surface area (Å²) in [7, 11) is -0.704. The van der Waals surface area contributed by atoms with E-state index in [0.717, 1.165) is 15.3 Å². The van der Waals surface area contributed by atoms with Crippen LogP contribution >= 0.6 is 0 Å². The maximum Gasteiger partial charge on any atom is 0.265 e. The molecule has 8 nitrogen and oxygen atoms in total. The second kappa shape index (κ2) is 8.46. The number of hydrogen-bond donors (Lipinski definition) is 1. The molecule has 3 aromatic rings. The molecule has 0 fully saturated rings. The van der Waals surface area contributed by atoms with Crippen molar-refractivity contribution in [2.45, 2.75) is 11.8 Å². The van der Waals surface area contributed by atoms with Crippen LogP contribution in [0.1, 0.15) is 12.7 Å². The SMILES string of the molecule is C/C(=N/OCC(=O)Nc1cccc(S(=O)(=O)N(C)C)c1)c1cc2ccccc2o1. The number of rotatable bonds is 7. The highest BCUT2D eigenvalue weighted by Crippen LogP contribution is 2.20. The molecule has 1 N–H and O–H groups in total. The maximum atomic E-state index is 12.2. The number of nitrogens with one attached hydrogen (secondary N) is 1. The van der Waals surface area contributed by atoms with Crippen LogP contribution in [0.4, 0.5) is 5.69 Å². The minimum atomic E-state index is -3.59. The maximum absolute atomic E-state index is 12.2. The Morgan fingerprint density at radius 2 is 1.90 bits per heavy atom. The first kappa shape index (κ1) is 20.6. The molecule has 29 heavy (non-hydrogen) atoms. The summed E-state index contributed by atoms with van der Waals surface area (Å²) in [6, 6.07) is 15.4. The van der Waals surface area contributed by atoms with Crippen molar-refractivity contribution in [3.8, 4) is 0 Å². The third-order valence-electron chi connectivity index (χ3n) is 4.08. The first-order chi connectivity index (χ1) is 13.8. The average Bonchev–Trinajstić information content (AvgIpc) is 3.12. The Balaban J connectivity index is 1.60. The van der Waals surface area contributed by atoms with Crippen molar-refractivity contribution in [1.82, 2.24) is 4.31 Å². The van der Waals surface area contributed by atoms with Crippen LogP contribution in [-0.2, 0) is 19.7 Å². The van der Waals surface area contributed by atoms with Gasteiger partial charge in [-0.1, -0.05) is 29.4 Å². The van der Waals surface area contributed by atoms with E-state index in [4.69, 9.17) is 9.25 Å². The molecule has 0 aliphatic heterocycles. The van der Waals surface area contributed by atoms with Gasteiger partial charge in [-0.15, -0.1) is 0 Å². The third kappa shape index (κ3) is 4.82. The van der Waals surface area contributed by atoms with Crippen LogP contribution < -0.4 is 5.32 Å². The highest BCUT2D eigenvalue weighted by atomic mass is 32.2. The van der Waals surface area contributed by atoms with Crippen LogP contribution in [-0.4, -0.2) is 45.0 Å². The first-order valence-corrected chi connectivity index (χ1v) is 10.2. The number of para-hydroxylation sites is 1. The topological polar surface area (TPSA) is 101 Å². The molecular weight excluding hydrogens is 394 g/mol. The summed E-state index contributed by atoms with van der Waals surface area (Å²) in [6.45, 7) is 1.38. The Morgan fingerprint density at radius 1 is 1.14 bits per heavy atom. The van der Waals surface area contributed by atoms with Gasteiger partial charge in [0.15, 0.2) is 12.4 Å². The van der Waals surface area contributed by atoms with E-state index in [9.17, 15) is 13.2 Å². The zero-order chi connectivity index (χ0) is 21.0. The molecule has 0 atom stereocenters. The lowest BCUT2D eigenvalue weighted by atomic mass is 10.2. The van der Waals surface area contributed by atoms with Crippen molar-refractivity contribution in [2.24, 2.45) is 5.16 Å². The van der Waals surface area contributed by atoms with Crippen molar-refractivity contribution < 1.29 is 22.5 Å². The highest BCUT2D eigenvalue weighted by Gasteiger charge is 2.17. The van der Waals surface area contributed by atoms with E-state index in [-0.39, 0.29) is 11.5 Å². The summed E-state index contributed by atoms with van der Waals surface area (Å²) in [5, 5.41) is 7.45. The molecule has 152 valence electrons. The van der Waals surface area contributed by atoms with Crippen LogP contribution in [0.2, 0.25) is 0 Å². The zero-order valence-electron chi connectivity index (χ0n) is 16.2. The van der Waals surface area contributed by atoms with Gasteiger partial charge in [-0.3, -0.25) is 4.79 Å². The largest absolute Gasteiger partial charge is 0.455 e. The fourth-order valence-corrected chi connectivity index (χ4v) is 3.48. The van der Waals surface area contributed by atoms with Crippen LogP contribution in [0, 0.1) is 0 Å². The molecule has 2 aromatic carbocycles. The zero-order valence-corrected chi connectivity index (χ0v) is 17.1. The number of amides is 1. The lowest BCUT2D eigenvalue weighted by Crippen LogP contribution is -2.22. The summed E-state index contributed by atoms with van der Waals surface area (Å²) in [5.74, 6) is 0.0822. The minimum absolute atomic E-state index is 0.0833. The highest BCUT2D eigenvalue weighted by molar-refractivity contribution is 7.89. The average molecular weight is 415 g/mol. The van der Waals surface area contributed by atoms with E-state index in [1.54, 1.807) is 19.1 Å². The van der Waals surface area contributed by atoms with Crippen LogP contribution in [0.25, 0.3) is 11.0 Å². The van der Waals surface area contributed by atoms with E-state index in [2.05, 4.69) is 10.5 Å². The Morgan fingerprint density at radius 3 is 2.62 bits per heavy atom. The van der Waals surface area contributed by atoms with Gasteiger partial charge in [-0.25, -0.2) is 12.7 Å². The molecular formula is C20H21N3O5S. The van der Waals surface area contributed by atoms with Gasteiger partial charge in [-0.05, 0) is 37.3 Å². The molecule has 0 aliphatic carbocycles. The molecule has 1 aromatic heterocycles. The lowest BCUT2D eigenvalue weighted by Gasteiger charge is -2.12. The molecule has 1 amide bonds. The van der Waals surface area contributed by atoms with E-state index >= 15 is 0 Å². The number of sulfonamides is 1. The standard InChI is InChI=1S/C20H21N3O5S/c1-14(19-11-15-7-4-5-10-18(15)28-19)22-27-13-20(24)21-16-8-6-9-17(12-16)29(25,26)23(2)3/h4-12H,13H2,1-3H3,(H,21,24)/b22-14-. The Kier molecular flexibility index (Phi) is 6.00. The van der Waals surface area contributed by atoms with E-state index < -0.39 is 15.9 Å². The second-order valence-electron chi connectivity index (χ2n) is 6.46. The van der Waals surface area contributed by atoms with Crippen LogP contribution in [0.15, 0.2) is 69.1 Å². The predicted molar refractivity (Wildman–Crippen MR) is 110 cm³/mol. The normalized spacial score (nSPS) is 12.3. The van der Waals surface area contributed by atoms with Crippen molar-refractivity contribution in [3.63, 3.8) is 0 Å². The smallest absolute Gasteiger partial charge is 0.265 e. The molecule has 0 aliphatic rings. The van der Waals surface area contributed by atoms with E-state index in [1.165, 1.54) is 26.2 Å². The Hall–Kier alpha value is -3.17. The number of hydrogen-bond acceptors (Lipinski definition) is 6. The molecule has 9 heteroatoms. The molecule has 3 rings (SSSR count). The van der Waals surface area contributed by atoms with E-state index in [1.807, 2.05) is 30.3 Å². The monoisotopic (exact) mass is 415 g/mol. The number of oxime groups is 1. The lowest BCUT2D eigenvalue weighted by molar-refractivity contribution is -0.120. The van der Waals surface area contributed by atoms with Gasteiger partial charge in [0.2, 0.25) is 10.0 Å². The minimum Gasteiger partial charge on any atom is -0.455 e. The third-order valence-corrected chi connectivity index (χ3v) is 5.89. The fourth-order valence-electron chi connectivity index (χ4n) is 2.54. The van der Waals surface area contributed by atoms with Gasteiger partial charge in [-0.2, -0.15) is 0 Å². The number of carbonyl (C=O) groups is 1. The van der Waals surface area contributed by atoms with E-state index in [0.29, 0.717) is 17.2 Å². The number of anilines is 1. The number of furan rings is 1. The Labute approximate surface area is 168 Å². The molecule has 0 saturated carbocycles. The van der Waals surface area contributed by atoms with Gasteiger partial charge in [0.05, 0.1) is 4.90 Å². The van der Waals surface area contributed by atoms with Crippen molar-refractivity contribution in [1.29, 1.82) is 0 Å². The van der Waals surface area contributed by atoms with Crippen LogP contribution in [0.3, 0.4) is 0 Å². The summed E-state index contributed by atoms with van der Waals surface area (Å²) >= 11 is 0. The van der Waals surface area contributed by atoms with Gasteiger partial charge in [0, 0.05) is 25.2 Å². The van der Waals surface area contributed by atoms with Crippen molar-refractivity contribution in [2.75, 3.05) is 26.0 Å². The number of nitrogens with zero attached hydrogens (tertiary/aromatic N) is 2. The van der Waals surface area contributed by atoms with Crippen LogP contribution in [0.5, 0.6) is 0 Å². The molecule has 0 unspecified atom stereocenters. The second-order valence-corrected chi connectivity index (χ2v) is 8.61. The van der Waals surface area contributed by atoms with Crippen molar-refractivity contribution >= 4 is 38.3 Å². The molecule has 0 radical (unpaired) electrons. The summed E-state index contributed by atoms with van der Waals surface area (Å²) in [6.07, 6.45) is 0. The number of benzene rings is 2. The Bertz CT molecular complexity index is 1130. The number of carbonyl (C=O) groups excluding carboxylic acids is 1. The summed E-state index contributed by atoms with van der Waals surface area (Å²) < 4.78 is 31.1. The summed E-state index contributed by atoms with van der Waals surface area (Å²) in [5.41, 5.74) is 1.58. The molecule has 0 spiro atoms. The molecule has 0 saturated heterocycles.